The molecule has 2 heterocycles. The fourth-order valence-electron chi connectivity index (χ4n) is 3.22. The first-order chi connectivity index (χ1) is 16.4. The Morgan fingerprint density at radius 2 is 1.83 bits per heavy atom. The van der Waals surface area contributed by atoms with Crippen LogP contribution in [0.4, 0.5) is 26.3 Å². The van der Waals surface area contributed by atoms with Crippen molar-refractivity contribution in [3.8, 4) is 17.5 Å². The number of benzene rings is 1. The van der Waals surface area contributed by atoms with E-state index in [1.165, 1.54) is 12.4 Å². The lowest BCUT2D eigenvalue weighted by Crippen LogP contribution is -2.30. The number of amidine groups is 1. The summed E-state index contributed by atoms with van der Waals surface area (Å²) in [6.45, 7) is 5.76. The minimum atomic E-state index is -5.04. The Morgan fingerprint density at radius 1 is 1.14 bits per heavy atom. The van der Waals surface area contributed by atoms with Crippen LogP contribution in [0.15, 0.2) is 40.1 Å². The van der Waals surface area contributed by atoms with Gasteiger partial charge in [0.05, 0.1) is 22.9 Å². The highest BCUT2D eigenvalue weighted by Crippen LogP contribution is 2.39. The third kappa shape index (κ3) is 5.62. The van der Waals surface area contributed by atoms with Crippen LogP contribution >= 0.6 is 11.3 Å². The smallest absolute Gasteiger partial charge is 0.360 e. The zero-order valence-electron chi connectivity index (χ0n) is 18.0. The lowest BCUT2D eigenvalue weighted by molar-refractivity contribution is -0.143. The van der Waals surface area contributed by atoms with Gasteiger partial charge in [0.15, 0.2) is 10.8 Å². The molecule has 0 fully saturated rings. The first-order valence-corrected chi connectivity index (χ1v) is 10.5. The van der Waals surface area contributed by atoms with Crippen LogP contribution in [0, 0.1) is 18.3 Å². The fourth-order valence-corrected chi connectivity index (χ4v) is 3.81. The van der Waals surface area contributed by atoms with Crippen LogP contribution in [-0.4, -0.2) is 27.5 Å². The molecule has 0 bridgehead atoms. The van der Waals surface area contributed by atoms with Crippen molar-refractivity contribution in [2.24, 2.45) is 10.2 Å². The normalized spacial score (nSPS) is 13.3. The van der Waals surface area contributed by atoms with Gasteiger partial charge in [0.25, 0.3) is 0 Å². The molecule has 0 saturated heterocycles. The van der Waals surface area contributed by atoms with Crippen LogP contribution in [0.3, 0.4) is 0 Å². The van der Waals surface area contributed by atoms with Crippen LogP contribution in [0.5, 0.6) is 0 Å². The van der Waals surface area contributed by atoms with Crippen molar-refractivity contribution in [3.63, 3.8) is 0 Å². The predicted molar refractivity (Wildman–Crippen MR) is 117 cm³/mol. The topological polar surface area (TPSA) is 99.2 Å². The van der Waals surface area contributed by atoms with Crippen molar-refractivity contribution < 1.29 is 26.3 Å². The number of alkyl halides is 6. The Kier molecular flexibility index (Phi) is 7.20. The molecule has 0 aliphatic rings. The molecule has 1 atom stereocenters. The van der Waals surface area contributed by atoms with E-state index in [0.717, 1.165) is 18.3 Å². The molecular weight excluding hydrogens is 496 g/mol. The second-order valence-electron chi connectivity index (χ2n) is 7.09. The summed E-state index contributed by atoms with van der Waals surface area (Å²) >= 11 is 1.07. The summed E-state index contributed by atoms with van der Waals surface area (Å²) in [4.78, 5) is 12.6. The molecule has 0 saturated carbocycles. The van der Waals surface area contributed by atoms with Gasteiger partial charge >= 0.3 is 12.4 Å². The zero-order valence-corrected chi connectivity index (χ0v) is 18.8. The molecule has 0 aliphatic heterocycles. The molecule has 3 aromatic rings. The SMILES string of the molecule is C=N/N=C(/NC(C)c1nccnc1-c1csc(C#N)n1)c1cc(C(F)(F)F)cc(C(F)(F)F)c1C. The molecule has 1 N–H and O–H groups in total. The van der Waals surface area contributed by atoms with Crippen LogP contribution in [0.25, 0.3) is 11.4 Å². The van der Waals surface area contributed by atoms with Crippen LogP contribution in [0.2, 0.25) is 0 Å². The average Bonchev–Trinajstić information content (AvgIpc) is 3.26. The lowest BCUT2D eigenvalue weighted by atomic mass is 9.96. The van der Waals surface area contributed by atoms with E-state index in [0.29, 0.717) is 11.8 Å². The Morgan fingerprint density at radius 3 is 2.40 bits per heavy atom. The summed E-state index contributed by atoms with van der Waals surface area (Å²) in [5.74, 6) is -0.380. The standard InChI is InChI=1S/C21H15F6N7S/c1-10-13(6-12(20(22,23)24)7-14(10)21(25,26)27)19(34-29-3)32-11(2)17-18(31-5-4-30-17)15-9-35-16(8-28)33-15/h4-7,9,11H,3H2,1-2H3,(H,32,34). The van der Waals surface area contributed by atoms with Crippen molar-refractivity contribution in [2.45, 2.75) is 32.2 Å². The molecule has 7 nitrogen and oxygen atoms in total. The highest BCUT2D eigenvalue weighted by atomic mass is 32.1. The maximum absolute atomic E-state index is 13.5. The van der Waals surface area contributed by atoms with E-state index in [-0.39, 0.29) is 28.3 Å². The second kappa shape index (κ2) is 9.79. The van der Waals surface area contributed by atoms with E-state index >= 15 is 0 Å². The summed E-state index contributed by atoms with van der Waals surface area (Å²) in [5.41, 5.74) is -3.03. The molecule has 2 aromatic heterocycles. The molecule has 0 spiro atoms. The highest BCUT2D eigenvalue weighted by molar-refractivity contribution is 7.10. The second-order valence-corrected chi connectivity index (χ2v) is 7.95. The van der Waals surface area contributed by atoms with Crippen LogP contribution in [0.1, 0.15) is 45.9 Å². The number of rotatable bonds is 5. The van der Waals surface area contributed by atoms with Crippen molar-refractivity contribution in [3.05, 3.63) is 62.9 Å². The Hall–Kier alpha value is -3.86. The van der Waals surface area contributed by atoms with Crippen LogP contribution < -0.4 is 5.32 Å². The monoisotopic (exact) mass is 511 g/mol. The molecule has 14 heteroatoms. The number of nitrogens with one attached hydrogen (secondary N) is 1. The molecule has 1 aromatic carbocycles. The van der Waals surface area contributed by atoms with Gasteiger partial charge in [-0.15, -0.1) is 16.4 Å². The summed E-state index contributed by atoms with van der Waals surface area (Å²) in [6.07, 6.45) is -7.35. The highest BCUT2D eigenvalue weighted by Gasteiger charge is 2.39. The number of halogens is 6. The summed E-state index contributed by atoms with van der Waals surface area (Å²) in [5, 5.41) is 20.5. The average molecular weight is 511 g/mol. The van der Waals surface area contributed by atoms with Gasteiger partial charge in [0.1, 0.15) is 17.5 Å². The number of nitrogens with zero attached hydrogens (tertiary/aromatic N) is 6. The van der Waals surface area contributed by atoms with Crippen molar-refractivity contribution >= 4 is 23.9 Å². The number of aromatic nitrogens is 3. The summed E-state index contributed by atoms with van der Waals surface area (Å²) in [7, 11) is 0. The summed E-state index contributed by atoms with van der Waals surface area (Å²) in [6, 6.07) is 1.69. The Bertz CT molecular complexity index is 1320. The van der Waals surface area contributed by atoms with Gasteiger partial charge < -0.3 is 5.32 Å². The maximum atomic E-state index is 13.5. The molecule has 0 aliphatic carbocycles. The van der Waals surface area contributed by atoms with Crippen molar-refractivity contribution in [2.75, 3.05) is 0 Å². The number of thiazole rings is 1. The van der Waals surface area contributed by atoms with Gasteiger partial charge in [-0.25, -0.2) is 4.98 Å². The van der Waals surface area contributed by atoms with Gasteiger partial charge in [0.2, 0.25) is 0 Å². The van der Waals surface area contributed by atoms with Gasteiger partial charge in [0, 0.05) is 30.1 Å². The molecule has 1 unspecified atom stereocenters. The van der Waals surface area contributed by atoms with Gasteiger partial charge in [-0.05, 0) is 31.5 Å². The number of nitriles is 1. The molecule has 182 valence electrons. The van der Waals surface area contributed by atoms with E-state index in [9.17, 15) is 26.3 Å². The fraction of sp³-hybridized carbons (Fsp3) is 0.238. The Labute approximate surface area is 198 Å². The quantitative estimate of drug-likeness (QED) is 0.210. The molecule has 35 heavy (non-hydrogen) atoms. The van der Waals surface area contributed by atoms with E-state index in [2.05, 4.69) is 37.2 Å². The van der Waals surface area contributed by atoms with E-state index in [4.69, 9.17) is 5.26 Å². The molecule has 3 rings (SSSR count). The maximum Gasteiger partial charge on any atom is 0.416 e. The van der Waals surface area contributed by atoms with Gasteiger partial charge in [-0.1, -0.05) is 0 Å². The van der Waals surface area contributed by atoms with E-state index in [1.807, 2.05) is 6.07 Å². The zero-order chi connectivity index (χ0) is 26.0. The minimum absolute atomic E-state index is 0.0526. The predicted octanol–water partition coefficient (Wildman–Crippen LogP) is 5.53. The molecule has 0 radical (unpaired) electrons. The Balaban J connectivity index is 2.10. The third-order valence-electron chi connectivity index (χ3n) is 4.80. The largest absolute Gasteiger partial charge is 0.416 e. The molecular formula is C21H15F6N7S. The van der Waals surface area contributed by atoms with Crippen LogP contribution in [-0.2, 0) is 12.4 Å². The number of hydrogen-bond acceptors (Lipinski definition) is 7. The summed E-state index contributed by atoms with van der Waals surface area (Å²) < 4.78 is 80.8. The van der Waals surface area contributed by atoms with Gasteiger partial charge in [-0.3, -0.25) is 9.97 Å². The minimum Gasteiger partial charge on any atom is -0.360 e. The van der Waals surface area contributed by atoms with E-state index < -0.39 is 40.6 Å². The van der Waals surface area contributed by atoms with E-state index in [1.54, 1.807) is 12.3 Å². The first kappa shape index (κ1) is 25.8. The van der Waals surface area contributed by atoms with Crippen molar-refractivity contribution in [1.29, 1.82) is 5.26 Å². The lowest BCUT2D eigenvalue weighted by Gasteiger charge is -2.22. The number of hydrogen-bond donors (Lipinski definition) is 1. The third-order valence-corrected chi connectivity index (χ3v) is 5.55. The molecule has 0 amide bonds. The van der Waals surface area contributed by atoms with Gasteiger partial charge in [-0.2, -0.15) is 36.7 Å². The van der Waals surface area contributed by atoms with Crippen molar-refractivity contribution in [1.82, 2.24) is 20.3 Å². The first-order valence-electron chi connectivity index (χ1n) is 9.63.